The zero-order chi connectivity index (χ0) is 17.5. The molecule has 0 aliphatic heterocycles. The molecule has 3 nitrogen and oxygen atoms in total. The molecule has 0 bridgehead atoms. The van der Waals surface area contributed by atoms with Gasteiger partial charge in [0.05, 0.1) is 10.2 Å². The van der Waals surface area contributed by atoms with Gasteiger partial charge < -0.3 is 0 Å². The number of nitrogens with zero attached hydrogens (tertiary/aromatic N) is 2. The third-order valence-corrected chi connectivity index (χ3v) is 6.01. The van der Waals surface area contributed by atoms with E-state index in [4.69, 9.17) is 0 Å². The predicted octanol–water partition coefficient (Wildman–Crippen LogP) is 5.74. The summed E-state index contributed by atoms with van der Waals surface area (Å²) in [5, 5.41) is 9.05. The predicted molar refractivity (Wildman–Crippen MR) is 109 cm³/mol. The Kier molecular flexibility index (Phi) is 3.57. The lowest BCUT2D eigenvalue weighted by Crippen LogP contribution is -1.93. The third-order valence-electron chi connectivity index (χ3n) is 4.83. The first kappa shape index (κ1) is 15.3. The van der Waals surface area contributed by atoms with Crippen LogP contribution < -0.4 is 0 Å². The number of aryl methyl sites for hydroxylation is 1. The van der Waals surface area contributed by atoms with E-state index >= 15 is 0 Å². The molecule has 5 rings (SSSR count). The zero-order valence-corrected chi connectivity index (χ0v) is 15.2. The second kappa shape index (κ2) is 6.07. The largest absolute Gasteiger partial charge is 0.276 e. The van der Waals surface area contributed by atoms with E-state index in [1.165, 1.54) is 25.9 Å². The fraction of sp³-hybridized carbons (Fsp3) is 0.0909. The average molecular weight is 355 g/mol. The molecular formula is C22H17N3S. The Labute approximate surface area is 155 Å². The van der Waals surface area contributed by atoms with Gasteiger partial charge in [0.25, 0.3) is 0 Å². The topological polar surface area (TPSA) is 41.6 Å². The number of nitrogens with one attached hydrogen (secondary N) is 1. The lowest BCUT2D eigenvalue weighted by Gasteiger charge is -2.05. The molecule has 0 aliphatic rings. The average Bonchev–Trinajstić information content (AvgIpc) is 3.24. The highest BCUT2D eigenvalue weighted by atomic mass is 32.1. The van der Waals surface area contributed by atoms with Gasteiger partial charge in [0, 0.05) is 27.5 Å². The van der Waals surface area contributed by atoms with Gasteiger partial charge in [0.15, 0.2) is 0 Å². The van der Waals surface area contributed by atoms with Crippen molar-refractivity contribution in [3.63, 3.8) is 0 Å². The van der Waals surface area contributed by atoms with Crippen molar-refractivity contribution < 1.29 is 0 Å². The van der Waals surface area contributed by atoms with Crippen LogP contribution in [0.15, 0.2) is 66.9 Å². The van der Waals surface area contributed by atoms with Crippen LogP contribution in [-0.2, 0) is 6.42 Å². The van der Waals surface area contributed by atoms with Crippen molar-refractivity contribution in [1.82, 2.24) is 15.2 Å². The highest BCUT2D eigenvalue weighted by Gasteiger charge is 2.13. The van der Waals surface area contributed by atoms with Crippen molar-refractivity contribution in [1.29, 1.82) is 0 Å². The van der Waals surface area contributed by atoms with Gasteiger partial charge in [0.2, 0.25) is 0 Å². The molecule has 4 heteroatoms. The summed E-state index contributed by atoms with van der Waals surface area (Å²) in [5.41, 5.74) is 6.96. The van der Waals surface area contributed by atoms with Gasteiger partial charge >= 0.3 is 0 Å². The smallest absolute Gasteiger partial charge is 0.110 e. The molecule has 126 valence electrons. The molecule has 0 aliphatic carbocycles. The van der Waals surface area contributed by atoms with Crippen molar-refractivity contribution in [3.8, 4) is 11.3 Å². The number of hydrogen-bond donors (Lipinski definition) is 1. The molecule has 0 amide bonds. The van der Waals surface area contributed by atoms with Gasteiger partial charge in [-0.3, -0.25) is 10.1 Å². The van der Waals surface area contributed by atoms with Crippen molar-refractivity contribution in [2.24, 2.45) is 0 Å². The molecule has 3 heterocycles. The fourth-order valence-electron chi connectivity index (χ4n) is 3.39. The molecule has 0 unspecified atom stereocenters. The van der Waals surface area contributed by atoms with Crippen LogP contribution in [-0.4, -0.2) is 15.2 Å². The standard InChI is InChI=1S/C22H17N3S/c1-14-17(5-4-12-23-14)13-15-8-10-16(11-9-15)20-22-21(25-24-20)18-6-2-3-7-19(18)26-22/h2-12H,13H2,1H3,(H,24,25). The van der Waals surface area contributed by atoms with Crippen LogP contribution in [0.4, 0.5) is 0 Å². The van der Waals surface area contributed by atoms with Crippen LogP contribution in [0, 0.1) is 6.92 Å². The van der Waals surface area contributed by atoms with Gasteiger partial charge in [-0.25, -0.2) is 0 Å². The van der Waals surface area contributed by atoms with Crippen LogP contribution in [0.1, 0.15) is 16.8 Å². The molecule has 0 atom stereocenters. The van der Waals surface area contributed by atoms with Gasteiger partial charge in [-0.15, -0.1) is 11.3 Å². The number of fused-ring (bicyclic) bond motifs is 3. The minimum Gasteiger partial charge on any atom is -0.276 e. The first-order chi connectivity index (χ1) is 12.8. The highest BCUT2D eigenvalue weighted by Crippen LogP contribution is 2.38. The minimum atomic E-state index is 0.902. The van der Waals surface area contributed by atoms with E-state index in [9.17, 15) is 0 Å². The molecule has 2 aromatic carbocycles. The number of H-pyrrole nitrogens is 1. The quantitative estimate of drug-likeness (QED) is 0.448. The summed E-state index contributed by atoms with van der Waals surface area (Å²) in [4.78, 5) is 4.38. The molecule has 5 aromatic rings. The Morgan fingerprint density at radius 2 is 1.81 bits per heavy atom. The molecule has 0 saturated carbocycles. The summed E-state index contributed by atoms with van der Waals surface area (Å²) in [7, 11) is 0. The molecule has 0 fully saturated rings. The number of rotatable bonds is 3. The van der Waals surface area contributed by atoms with Gasteiger partial charge in [-0.1, -0.05) is 48.5 Å². The maximum absolute atomic E-state index is 4.58. The lowest BCUT2D eigenvalue weighted by molar-refractivity contribution is 1.08. The van der Waals surface area contributed by atoms with E-state index in [1.807, 2.05) is 12.3 Å². The zero-order valence-electron chi connectivity index (χ0n) is 14.4. The number of hydrogen-bond acceptors (Lipinski definition) is 3. The van der Waals surface area contributed by atoms with Crippen LogP contribution in [0.2, 0.25) is 0 Å². The highest BCUT2D eigenvalue weighted by molar-refractivity contribution is 7.26. The van der Waals surface area contributed by atoms with E-state index in [0.29, 0.717) is 0 Å². The molecule has 0 radical (unpaired) electrons. The van der Waals surface area contributed by atoms with Crippen LogP contribution in [0.5, 0.6) is 0 Å². The normalized spacial score (nSPS) is 11.4. The van der Waals surface area contributed by atoms with E-state index < -0.39 is 0 Å². The molecule has 26 heavy (non-hydrogen) atoms. The number of benzene rings is 2. The van der Waals surface area contributed by atoms with Gasteiger partial charge in [-0.05, 0) is 36.6 Å². The molecule has 1 N–H and O–H groups in total. The van der Waals surface area contributed by atoms with E-state index in [2.05, 4.69) is 76.7 Å². The summed E-state index contributed by atoms with van der Waals surface area (Å²) in [6.45, 7) is 2.06. The van der Waals surface area contributed by atoms with Crippen LogP contribution in [0.25, 0.3) is 31.6 Å². The maximum atomic E-state index is 4.58. The van der Waals surface area contributed by atoms with Crippen LogP contribution in [0.3, 0.4) is 0 Å². The lowest BCUT2D eigenvalue weighted by atomic mass is 10.0. The SMILES string of the molecule is Cc1ncccc1Cc1ccc(-c2n[nH]c3c2sc2ccccc23)cc1. The van der Waals surface area contributed by atoms with Crippen molar-refractivity contribution in [2.45, 2.75) is 13.3 Å². The second-order valence-corrected chi connectivity index (χ2v) is 7.55. The summed E-state index contributed by atoms with van der Waals surface area (Å²) in [6, 6.07) is 21.3. The Bertz CT molecular complexity index is 1220. The summed E-state index contributed by atoms with van der Waals surface area (Å²) in [5.74, 6) is 0. The summed E-state index contributed by atoms with van der Waals surface area (Å²) in [6.07, 6.45) is 2.74. The molecule has 0 spiro atoms. The first-order valence-corrected chi connectivity index (χ1v) is 9.46. The van der Waals surface area contributed by atoms with Crippen LogP contribution >= 0.6 is 11.3 Å². The Morgan fingerprint density at radius 3 is 2.65 bits per heavy atom. The summed E-state index contributed by atoms with van der Waals surface area (Å²) >= 11 is 1.80. The van der Waals surface area contributed by atoms with Crippen molar-refractivity contribution in [3.05, 3.63) is 83.7 Å². The fourth-order valence-corrected chi connectivity index (χ4v) is 4.55. The summed E-state index contributed by atoms with van der Waals surface area (Å²) < 4.78 is 2.52. The van der Waals surface area contributed by atoms with E-state index in [1.54, 1.807) is 11.3 Å². The van der Waals surface area contributed by atoms with Crippen molar-refractivity contribution >= 4 is 31.6 Å². The maximum Gasteiger partial charge on any atom is 0.110 e. The number of aromatic nitrogens is 3. The Hall–Kier alpha value is -2.98. The number of thiophene rings is 1. The van der Waals surface area contributed by atoms with E-state index in [-0.39, 0.29) is 0 Å². The Balaban J connectivity index is 1.51. The molecular weight excluding hydrogens is 338 g/mol. The van der Waals surface area contributed by atoms with Gasteiger partial charge in [0.1, 0.15) is 5.69 Å². The monoisotopic (exact) mass is 355 g/mol. The molecule has 3 aromatic heterocycles. The number of aromatic amines is 1. The van der Waals surface area contributed by atoms with Crippen molar-refractivity contribution in [2.75, 3.05) is 0 Å². The number of pyridine rings is 1. The second-order valence-electron chi connectivity index (χ2n) is 6.50. The molecule has 0 saturated heterocycles. The first-order valence-electron chi connectivity index (χ1n) is 8.65. The third kappa shape index (κ3) is 2.50. The Morgan fingerprint density at radius 1 is 0.962 bits per heavy atom. The van der Waals surface area contributed by atoms with E-state index in [0.717, 1.165) is 28.9 Å². The minimum absolute atomic E-state index is 0.902. The van der Waals surface area contributed by atoms with Gasteiger partial charge in [-0.2, -0.15) is 5.10 Å².